The molecule has 1 amide bonds. The molecule has 1 N–H and O–H groups in total. The predicted octanol–water partition coefficient (Wildman–Crippen LogP) is 2.01. The minimum absolute atomic E-state index is 0.0367. The minimum atomic E-state index is -0.0367. The number of nitrogens with one attached hydrogen (secondary N) is 1. The third-order valence-electron chi connectivity index (χ3n) is 5.63. The van der Waals surface area contributed by atoms with E-state index in [4.69, 9.17) is 9.47 Å². The number of amides is 1. The van der Waals surface area contributed by atoms with Crippen LogP contribution in [0.3, 0.4) is 0 Å². The molecule has 2 bridgehead atoms. The van der Waals surface area contributed by atoms with Crippen molar-refractivity contribution in [3.63, 3.8) is 0 Å². The van der Waals surface area contributed by atoms with Crippen molar-refractivity contribution >= 4 is 17.4 Å². The van der Waals surface area contributed by atoms with E-state index in [0.717, 1.165) is 36.8 Å². The Labute approximate surface area is 170 Å². The second-order valence-corrected chi connectivity index (χ2v) is 7.65. The lowest BCUT2D eigenvalue weighted by molar-refractivity contribution is -0.121. The molecule has 0 radical (unpaired) electrons. The number of piperazine rings is 1. The number of methoxy groups -OCH3 is 2. The summed E-state index contributed by atoms with van der Waals surface area (Å²) in [4.78, 5) is 26.2. The van der Waals surface area contributed by atoms with Crippen molar-refractivity contribution in [3.05, 3.63) is 35.8 Å². The SMILES string of the molecule is COc1ccc(NC(=O)CN2C3CC2CN(c2cc(C)nc(C)n2)C3)c(OC)c1. The quantitative estimate of drug-likeness (QED) is 0.799. The fourth-order valence-electron chi connectivity index (χ4n) is 4.25. The van der Waals surface area contributed by atoms with Crippen LogP contribution in [0.25, 0.3) is 0 Å². The van der Waals surface area contributed by atoms with Crippen molar-refractivity contribution in [2.24, 2.45) is 0 Å². The summed E-state index contributed by atoms with van der Waals surface area (Å²) in [5.41, 5.74) is 1.63. The topological polar surface area (TPSA) is 79.8 Å². The number of benzene rings is 1. The molecule has 3 aliphatic heterocycles. The van der Waals surface area contributed by atoms with Gasteiger partial charge in [-0.2, -0.15) is 0 Å². The first-order valence-electron chi connectivity index (χ1n) is 9.81. The molecule has 2 aromatic rings. The van der Waals surface area contributed by atoms with E-state index >= 15 is 0 Å². The van der Waals surface area contributed by atoms with E-state index in [0.29, 0.717) is 35.8 Å². The molecular weight excluding hydrogens is 370 g/mol. The average molecular weight is 397 g/mol. The van der Waals surface area contributed by atoms with Gasteiger partial charge >= 0.3 is 0 Å². The van der Waals surface area contributed by atoms with Crippen molar-refractivity contribution in [2.75, 3.05) is 44.1 Å². The van der Waals surface area contributed by atoms with E-state index < -0.39 is 0 Å². The molecule has 0 spiro atoms. The lowest BCUT2D eigenvalue weighted by Crippen LogP contribution is -2.69. The van der Waals surface area contributed by atoms with Gasteiger partial charge in [0, 0.05) is 43.0 Å². The van der Waals surface area contributed by atoms with Crippen LogP contribution in [-0.4, -0.2) is 66.7 Å². The molecule has 8 nitrogen and oxygen atoms in total. The maximum atomic E-state index is 12.6. The van der Waals surface area contributed by atoms with Crippen molar-refractivity contribution in [1.29, 1.82) is 0 Å². The summed E-state index contributed by atoms with van der Waals surface area (Å²) in [5, 5.41) is 2.96. The van der Waals surface area contributed by atoms with E-state index in [1.165, 1.54) is 0 Å². The summed E-state index contributed by atoms with van der Waals surface area (Å²) in [6, 6.07) is 8.14. The molecule has 2 unspecified atom stereocenters. The Morgan fingerprint density at radius 2 is 1.90 bits per heavy atom. The Balaban J connectivity index is 1.37. The Hall–Kier alpha value is -2.87. The molecule has 29 heavy (non-hydrogen) atoms. The van der Waals surface area contributed by atoms with E-state index in [-0.39, 0.29) is 5.91 Å². The van der Waals surface area contributed by atoms with Gasteiger partial charge in [0.15, 0.2) is 0 Å². The Bertz CT molecular complexity index is 887. The van der Waals surface area contributed by atoms with Gasteiger partial charge in [-0.1, -0.05) is 0 Å². The molecule has 154 valence electrons. The van der Waals surface area contributed by atoms with Crippen LogP contribution in [0.1, 0.15) is 17.9 Å². The smallest absolute Gasteiger partial charge is 0.238 e. The second-order valence-electron chi connectivity index (χ2n) is 7.65. The zero-order valence-electron chi connectivity index (χ0n) is 17.3. The molecule has 4 heterocycles. The second kappa shape index (κ2) is 7.87. The van der Waals surface area contributed by atoms with Crippen LogP contribution in [0.2, 0.25) is 0 Å². The summed E-state index contributed by atoms with van der Waals surface area (Å²) in [6.07, 6.45) is 1.12. The van der Waals surface area contributed by atoms with Crippen LogP contribution in [-0.2, 0) is 4.79 Å². The molecule has 0 aliphatic carbocycles. The number of fused-ring (bicyclic) bond motifs is 2. The third-order valence-corrected chi connectivity index (χ3v) is 5.63. The highest BCUT2D eigenvalue weighted by molar-refractivity contribution is 5.94. The molecule has 2 atom stereocenters. The highest BCUT2D eigenvalue weighted by atomic mass is 16.5. The predicted molar refractivity (Wildman–Crippen MR) is 111 cm³/mol. The first kappa shape index (κ1) is 19.4. The monoisotopic (exact) mass is 397 g/mol. The van der Waals surface area contributed by atoms with Crippen LogP contribution in [0.4, 0.5) is 11.5 Å². The zero-order chi connectivity index (χ0) is 20.5. The number of anilines is 2. The van der Waals surface area contributed by atoms with Gasteiger partial charge in [0.25, 0.3) is 0 Å². The van der Waals surface area contributed by atoms with Gasteiger partial charge in [0.05, 0.1) is 26.5 Å². The Kier molecular flexibility index (Phi) is 5.27. The molecule has 0 saturated carbocycles. The van der Waals surface area contributed by atoms with Gasteiger partial charge in [0.2, 0.25) is 5.91 Å². The number of carbonyl (C=O) groups excluding carboxylic acids is 1. The van der Waals surface area contributed by atoms with Crippen LogP contribution >= 0.6 is 0 Å². The van der Waals surface area contributed by atoms with E-state index in [9.17, 15) is 4.79 Å². The number of piperidine rings is 1. The van der Waals surface area contributed by atoms with Crippen molar-refractivity contribution in [1.82, 2.24) is 14.9 Å². The van der Waals surface area contributed by atoms with Gasteiger partial charge in [-0.25, -0.2) is 9.97 Å². The fourth-order valence-corrected chi connectivity index (χ4v) is 4.25. The third kappa shape index (κ3) is 3.98. The lowest BCUT2D eigenvalue weighted by Gasteiger charge is -2.56. The van der Waals surface area contributed by atoms with Crippen molar-refractivity contribution < 1.29 is 14.3 Å². The molecule has 1 aromatic heterocycles. The minimum Gasteiger partial charge on any atom is -0.497 e. The van der Waals surface area contributed by atoms with Crippen LogP contribution in [0.5, 0.6) is 11.5 Å². The first-order valence-corrected chi connectivity index (χ1v) is 9.81. The maximum absolute atomic E-state index is 12.6. The van der Waals surface area contributed by atoms with Gasteiger partial charge in [0.1, 0.15) is 23.1 Å². The van der Waals surface area contributed by atoms with Gasteiger partial charge in [-0.05, 0) is 32.4 Å². The summed E-state index contributed by atoms with van der Waals surface area (Å²) in [7, 11) is 3.18. The van der Waals surface area contributed by atoms with Crippen molar-refractivity contribution in [2.45, 2.75) is 32.4 Å². The number of aryl methyl sites for hydroxylation is 2. The van der Waals surface area contributed by atoms with Gasteiger partial charge in [-0.15, -0.1) is 0 Å². The number of carbonyl (C=O) groups is 1. The maximum Gasteiger partial charge on any atom is 0.238 e. The lowest BCUT2D eigenvalue weighted by atomic mass is 9.87. The normalized spacial score (nSPS) is 20.8. The van der Waals surface area contributed by atoms with Crippen LogP contribution in [0, 0.1) is 13.8 Å². The van der Waals surface area contributed by atoms with Crippen LogP contribution in [0.15, 0.2) is 24.3 Å². The van der Waals surface area contributed by atoms with Gasteiger partial charge in [-0.3, -0.25) is 9.69 Å². The molecule has 8 heteroatoms. The number of nitrogens with zero attached hydrogens (tertiary/aromatic N) is 4. The highest BCUT2D eigenvalue weighted by Gasteiger charge is 2.45. The van der Waals surface area contributed by atoms with E-state index in [1.807, 2.05) is 19.9 Å². The standard InChI is InChI=1S/C21H27N5O3/c1-13-7-20(23-14(2)22-13)25-10-15-8-16(11-25)26(15)12-21(27)24-18-6-5-17(28-3)9-19(18)29-4/h5-7,9,15-16H,8,10-12H2,1-4H3,(H,24,27). The number of ether oxygens (including phenoxy) is 2. The first-order chi connectivity index (χ1) is 14.0. The Morgan fingerprint density at radius 1 is 1.14 bits per heavy atom. The average Bonchev–Trinajstić information content (AvgIpc) is 2.71. The molecule has 1 aromatic carbocycles. The van der Waals surface area contributed by atoms with E-state index in [2.05, 4.69) is 25.1 Å². The molecule has 3 saturated heterocycles. The molecule has 5 rings (SSSR count). The fraction of sp³-hybridized carbons (Fsp3) is 0.476. The van der Waals surface area contributed by atoms with E-state index in [1.54, 1.807) is 32.4 Å². The summed E-state index contributed by atoms with van der Waals surface area (Å²) in [5.74, 6) is 3.01. The largest absolute Gasteiger partial charge is 0.497 e. The van der Waals surface area contributed by atoms with Gasteiger partial charge < -0.3 is 19.7 Å². The van der Waals surface area contributed by atoms with Crippen LogP contribution < -0.4 is 19.7 Å². The zero-order valence-corrected chi connectivity index (χ0v) is 17.3. The molecule has 3 fully saturated rings. The number of aromatic nitrogens is 2. The summed E-state index contributed by atoms with van der Waals surface area (Å²) in [6.45, 7) is 6.05. The molecular formula is C21H27N5O3. The van der Waals surface area contributed by atoms with Crippen molar-refractivity contribution in [3.8, 4) is 11.5 Å². The summed E-state index contributed by atoms with van der Waals surface area (Å²) < 4.78 is 10.6. The highest BCUT2D eigenvalue weighted by Crippen LogP contribution is 2.34. The summed E-state index contributed by atoms with van der Waals surface area (Å²) >= 11 is 0. The Morgan fingerprint density at radius 3 is 2.55 bits per heavy atom. The number of hydrogen-bond acceptors (Lipinski definition) is 7. The molecule has 3 aliphatic rings. The number of rotatable bonds is 6. The number of hydrogen-bond donors (Lipinski definition) is 1.